The van der Waals surface area contributed by atoms with E-state index in [9.17, 15) is 13.2 Å². The zero-order valence-corrected chi connectivity index (χ0v) is 10.5. The van der Waals surface area contributed by atoms with Crippen molar-refractivity contribution in [2.45, 2.75) is 19.3 Å². The number of nitrogens with zero attached hydrogens (tertiary/aromatic N) is 2. The Labute approximate surface area is 113 Å². The number of halogens is 3. The molecule has 0 atom stereocenters. The van der Waals surface area contributed by atoms with Crippen molar-refractivity contribution in [1.82, 2.24) is 9.97 Å². The van der Waals surface area contributed by atoms with Gasteiger partial charge in [-0.1, -0.05) is 6.07 Å². The zero-order valence-electron chi connectivity index (χ0n) is 10.5. The van der Waals surface area contributed by atoms with Gasteiger partial charge in [0, 0.05) is 31.0 Å². The molecule has 0 radical (unpaired) electrons. The Bertz CT molecular complexity index is 570. The van der Waals surface area contributed by atoms with E-state index < -0.39 is 11.9 Å². The molecule has 0 amide bonds. The first-order valence-corrected chi connectivity index (χ1v) is 5.90. The molecular formula is C13H13F3N4. The highest BCUT2D eigenvalue weighted by atomic mass is 19.4. The number of anilines is 1. The van der Waals surface area contributed by atoms with Gasteiger partial charge in [0.05, 0.1) is 0 Å². The number of nitrogens with one attached hydrogen (secondary N) is 1. The second-order valence-corrected chi connectivity index (χ2v) is 4.12. The quantitative estimate of drug-likeness (QED) is 0.904. The van der Waals surface area contributed by atoms with E-state index in [0.29, 0.717) is 12.1 Å². The lowest BCUT2D eigenvalue weighted by molar-refractivity contribution is -0.141. The van der Waals surface area contributed by atoms with Gasteiger partial charge in [0.2, 0.25) is 0 Å². The predicted molar refractivity (Wildman–Crippen MR) is 68.7 cm³/mol. The van der Waals surface area contributed by atoms with E-state index in [0.717, 1.165) is 11.6 Å². The van der Waals surface area contributed by atoms with E-state index in [1.165, 1.54) is 6.07 Å². The van der Waals surface area contributed by atoms with Gasteiger partial charge < -0.3 is 11.1 Å². The van der Waals surface area contributed by atoms with E-state index in [2.05, 4.69) is 15.3 Å². The molecule has 2 aromatic heterocycles. The normalized spacial score (nSPS) is 11.4. The minimum atomic E-state index is -4.47. The lowest BCUT2D eigenvalue weighted by Gasteiger charge is -2.13. The standard InChI is InChI=1S/C13H13F3N4/c14-13(15,16)11-2-1-10(7-17)12(20-11)19-8-9-3-5-18-6-4-9/h1-6H,7-8,17H2,(H,19,20). The molecule has 2 rings (SSSR count). The summed E-state index contributed by atoms with van der Waals surface area (Å²) >= 11 is 0. The predicted octanol–water partition coefficient (Wildman–Crippen LogP) is 2.57. The van der Waals surface area contributed by atoms with Crippen LogP contribution in [0.5, 0.6) is 0 Å². The first-order valence-electron chi connectivity index (χ1n) is 5.90. The molecule has 0 aliphatic rings. The maximum absolute atomic E-state index is 12.6. The van der Waals surface area contributed by atoms with Gasteiger partial charge in [-0.15, -0.1) is 0 Å². The molecule has 0 saturated carbocycles. The molecule has 2 aromatic rings. The summed E-state index contributed by atoms with van der Waals surface area (Å²) in [5.74, 6) is 0.152. The number of hydrogen-bond acceptors (Lipinski definition) is 4. The zero-order chi connectivity index (χ0) is 14.6. The summed E-state index contributed by atoms with van der Waals surface area (Å²) in [6.07, 6.45) is -1.25. The number of alkyl halides is 3. The molecule has 0 spiro atoms. The molecule has 0 unspecified atom stereocenters. The molecule has 7 heteroatoms. The molecule has 0 fully saturated rings. The van der Waals surface area contributed by atoms with Crippen LogP contribution in [-0.4, -0.2) is 9.97 Å². The van der Waals surface area contributed by atoms with Gasteiger partial charge in [-0.25, -0.2) is 4.98 Å². The third-order valence-corrected chi connectivity index (χ3v) is 2.70. The number of pyridine rings is 2. The van der Waals surface area contributed by atoms with Gasteiger partial charge in [-0.05, 0) is 23.8 Å². The Morgan fingerprint density at radius 3 is 2.40 bits per heavy atom. The summed E-state index contributed by atoms with van der Waals surface area (Å²) in [5, 5.41) is 2.87. The van der Waals surface area contributed by atoms with Gasteiger partial charge in [0.15, 0.2) is 0 Å². The van der Waals surface area contributed by atoms with Crippen LogP contribution < -0.4 is 11.1 Å². The van der Waals surface area contributed by atoms with Crippen molar-refractivity contribution in [3.8, 4) is 0 Å². The van der Waals surface area contributed by atoms with Gasteiger partial charge in [-0.2, -0.15) is 13.2 Å². The molecule has 0 bridgehead atoms. The SMILES string of the molecule is NCc1ccc(C(F)(F)F)nc1NCc1ccncc1. The highest BCUT2D eigenvalue weighted by Gasteiger charge is 2.32. The van der Waals surface area contributed by atoms with Crippen LogP contribution in [0.1, 0.15) is 16.8 Å². The maximum Gasteiger partial charge on any atom is 0.433 e. The van der Waals surface area contributed by atoms with E-state index in [-0.39, 0.29) is 12.4 Å². The Hall–Kier alpha value is -2.15. The maximum atomic E-state index is 12.6. The van der Waals surface area contributed by atoms with E-state index >= 15 is 0 Å². The van der Waals surface area contributed by atoms with Crippen LogP contribution in [0.3, 0.4) is 0 Å². The summed E-state index contributed by atoms with van der Waals surface area (Å²) in [4.78, 5) is 7.47. The summed E-state index contributed by atoms with van der Waals surface area (Å²) in [6.45, 7) is 0.466. The third-order valence-electron chi connectivity index (χ3n) is 2.70. The van der Waals surface area contributed by atoms with Crippen LogP contribution in [0.15, 0.2) is 36.7 Å². The number of aromatic nitrogens is 2. The lowest BCUT2D eigenvalue weighted by Crippen LogP contribution is -2.13. The van der Waals surface area contributed by atoms with Crippen molar-refractivity contribution in [2.24, 2.45) is 5.73 Å². The molecule has 0 aliphatic heterocycles. The molecule has 4 nitrogen and oxygen atoms in total. The highest BCUT2D eigenvalue weighted by Crippen LogP contribution is 2.29. The average Bonchev–Trinajstić information content (AvgIpc) is 2.45. The molecule has 20 heavy (non-hydrogen) atoms. The second kappa shape index (κ2) is 5.87. The lowest BCUT2D eigenvalue weighted by atomic mass is 10.2. The number of nitrogens with two attached hydrogens (primary N) is 1. The summed E-state index contributed by atoms with van der Waals surface area (Å²) in [6, 6.07) is 5.80. The van der Waals surface area contributed by atoms with Crippen LogP contribution >= 0.6 is 0 Å². The van der Waals surface area contributed by atoms with E-state index in [4.69, 9.17) is 5.73 Å². The second-order valence-electron chi connectivity index (χ2n) is 4.12. The molecule has 3 N–H and O–H groups in total. The Morgan fingerprint density at radius 2 is 1.80 bits per heavy atom. The number of rotatable bonds is 4. The topological polar surface area (TPSA) is 63.8 Å². The molecule has 0 aliphatic carbocycles. The van der Waals surface area contributed by atoms with Crippen molar-refractivity contribution in [3.63, 3.8) is 0 Å². The molecule has 106 valence electrons. The van der Waals surface area contributed by atoms with Crippen LogP contribution in [0, 0.1) is 0 Å². The van der Waals surface area contributed by atoms with Gasteiger partial charge >= 0.3 is 6.18 Å². The summed E-state index contributed by atoms with van der Waals surface area (Å²) in [5.41, 5.74) is 5.99. The molecular weight excluding hydrogens is 269 g/mol. The summed E-state index contributed by atoms with van der Waals surface area (Å²) < 4.78 is 37.9. The van der Waals surface area contributed by atoms with Crippen LogP contribution in [0.4, 0.5) is 19.0 Å². The van der Waals surface area contributed by atoms with E-state index in [1.807, 2.05) is 0 Å². The first-order chi connectivity index (χ1) is 9.50. The fraction of sp³-hybridized carbons (Fsp3) is 0.231. The van der Waals surface area contributed by atoms with Gasteiger partial charge in [-0.3, -0.25) is 4.98 Å². The number of hydrogen-bond donors (Lipinski definition) is 2. The minimum Gasteiger partial charge on any atom is -0.366 e. The van der Waals surface area contributed by atoms with Gasteiger partial charge in [0.25, 0.3) is 0 Å². The van der Waals surface area contributed by atoms with Crippen LogP contribution in [-0.2, 0) is 19.3 Å². The van der Waals surface area contributed by atoms with Crippen molar-refractivity contribution in [1.29, 1.82) is 0 Å². The third kappa shape index (κ3) is 3.45. The highest BCUT2D eigenvalue weighted by molar-refractivity contribution is 5.45. The monoisotopic (exact) mass is 282 g/mol. The van der Waals surface area contributed by atoms with E-state index in [1.54, 1.807) is 24.5 Å². The smallest absolute Gasteiger partial charge is 0.366 e. The fourth-order valence-corrected chi connectivity index (χ4v) is 1.65. The molecule has 2 heterocycles. The van der Waals surface area contributed by atoms with Gasteiger partial charge in [0.1, 0.15) is 11.5 Å². The fourth-order valence-electron chi connectivity index (χ4n) is 1.65. The Kier molecular flexibility index (Phi) is 4.19. The van der Waals surface area contributed by atoms with Crippen LogP contribution in [0.2, 0.25) is 0 Å². The Balaban J connectivity index is 2.21. The average molecular weight is 282 g/mol. The van der Waals surface area contributed by atoms with Crippen molar-refractivity contribution >= 4 is 5.82 Å². The molecule has 0 saturated heterocycles. The van der Waals surface area contributed by atoms with Crippen molar-refractivity contribution in [3.05, 3.63) is 53.5 Å². The molecule has 0 aromatic carbocycles. The largest absolute Gasteiger partial charge is 0.433 e. The summed E-state index contributed by atoms with van der Waals surface area (Å²) in [7, 11) is 0. The first kappa shape index (κ1) is 14.3. The van der Waals surface area contributed by atoms with Crippen molar-refractivity contribution in [2.75, 3.05) is 5.32 Å². The Morgan fingerprint density at radius 1 is 1.10 bits per heavy atom. The van der Waals surface area contributed by atoms with Crippen LogP contribution in [0.25, 0.3) is 0 Å². The van der Waals surface area contributed by atoms with Crippen molar-refractivity contribution < 1.29 is 13.2 Å². The minimum absolute atomic E-state index is 0.115.